The Hall–Kier alpha value is -0.770. The van der Waals surface area contributed by atoms with Crippen LogP contribution in [0.4, 0.5) is 0 Å². The van der Waals surface area contributed by atoms with Gasteiger partial charge in [0.05, 0.1) is 6.61 Å². The third-order valence-corrected chi connectivity index (χ3v) is 3.77. The summed E-state index contributed by atoms with van der Waals surface area (Å²) < 4.78 is 5.45. The molecule has 1 aromatic carbocycles. The van der Waals surface area contributed by atoms with Crippen molar-refractivity contribution in [1.29, 1.82) is 0 Å². The maximum atomic E-state index is 5.83. The smallest absolute Gasteiger partial charge is 0.119 e. The number of halogens is 1. The molecule has 0 amide bonds. The van der Waals surface area contributed by atoms with E-state index >= 15 is 0 Å². The molecule has 1 unspecified atom stereocenters. The van der Waals surface area contributed by atoms with Gasteiger partial charge >= 0.3 is 0 Å². The third kappa shape index (κ3) is 4.37. The third-order valence-electron chi connectivity index (χ3n) is 3.77. The Labute approximate surface area is 122 Å². The lowest BCUT2D eigenvalue weighted by atomic mass is 9.90. The van der Waals surface area contributed by atoms with Gasteiger partial charge in [-0.25, -0.2) is 0 Å². The molecule has 0 radical (unpaired) electrons. The topological polar surface area (TPSA) is 38.5 Å². The molecule has 0 spiro atoms. The molecule has 1 aliphatic rings. The average Bonchev–Trinajstić information content (AvgIpc) is 2.75. The van der Waals surface area contributed by atoms with Crippen molar-refractivity contribution >= 4 is 12.4 Å². The number of ether oxygens (including phenoxy) is 1. The van der Waals surface area contributed by atoms with Crippen LogP contribution in [0.25, 0.3) is 0 Å². The SMILES string of the molecule is CCOc1ccc(CN2CCC(C)(CN)C2)cc1.Cl. The zero-order valence-electron chi connectivity index (χ0n) is 11.9. The zero-order chi connectivity index (χ0) is 13.0. The number of nitrogens with zero attached hydrogens (tertiary/aromatic N) is 1. The highest BCUT2D eigenvalue weighted by atomic mass is 35.5. The molecule has 3 nitrogen and oxygen atoms in total. The van der Waals surface area contributed by atoms with E-state index in [4.69, 9.17) is 10.5 Å². The minimum absolute atomic E-state index is 0. The Balaban J connectivity index is 0.00000180. The van der Waals surface area contributed by atoms with Crippen LogP contribution >= 0.6 is 12.4 Å². The first kappa shape index (κ1) is 16.3. The summed E-state index contributed by atoms with van der Waals surface area (Å²) in [5, 5.41) is 0. The van der Waals surface area contributed by atoms with E-state index in [0.717, 1.165) is 38.5 Å². The number of nitrogens with two attached hydrogens (primary N) is 1. The van der Waals surface area contributed by atoms with E-state index in [1.165, 1.54) is 12.0 Å². The first-order valence-electron chi connectivity index (χ1n) is 6.79. The molecule has 1 aliphatic heterocycles. The van der Waals surface area contributed by atoms with Crippen molar-refractivity contribution in [2.75, 3.05) is 26.2 Å². The summed E-state index contributed by atoms with van der Waals surface area (Å²) in [5.41, 5.74) is 7.49. The molecule has 1 atom stereocenters. The Bertz CT molecular complexity index is 382. The van der Waals surface area contributed by atoms with Gasteiger partial charge in [0, 0.05) is 13.1 Å². The quantitative estimate of drug-likeness (QED) is 0.903. The van der Waals surface area contributed by atoms with E-state index in [2.05, 4.69) is 36.1 Å². The van der Waals surface area contributed by atoms with Crippen LogP contribution in [-0.4, -0.2) is 31.1 Å². The van der Waals surface area contributed by atoms with Crippen LogP contribution in [-0.2, 0) is 6.54 Å². The van der Waals surface area contributed by atoms with Gasteiger partial charge in [0.15, 0.2) is 0 Å². The second kappa shape index (κ2) is 7.13. The summed E-state index contributed by atoms with van der Waals surface area (Å²) in [6.07, 6.45) is 1.21. The van der Waals surface area contributed by atoms with Gasteiger partial charge in [-0.05, 0) is 49.5 Å². The fourth-order valence-electron chi connectivity index (χ4n) is 2.54. The molecule has 0 bridgehead atoms. The Morgan fingerprint density at radius 3 is 2.53 bits per heavy atom. The van der Waals surface area contributed by atoms with Gasteiger partial charge in [0.25, 0.3) is 0 Å². The molecule has 0 saturated carbocycles. The molecule has 2 rings (SSSR count). The van der Waals surface area contributed by atoms with Crippen LogP contribution in [0.15, 0.2) is 24.3 Å². The summed E-state index contributed by atoms with van der Waals surface area (Å²) in [7, 11) is 0. The lowest BCUT2D eigenvalue weighted by molar-refractivity contribution is 0.274. The summed E-state index contributed by atoms with van der Waals surface area (Å²) >= 11 is 0. The zero-order valence-corrected chi connectivity index (χ0v) is 12.7. The van der Waals surface area contributed by atoms with Crippen molar-refractivity contribution in [3.63, 3.8) is 0 Å². The number of hydrogen-bond acceptors (Lipinski definition) is 3. The van der Waals surface area contributed by atoms with Crippen LogP contribution in [0, 0.1) is 5.41 Å². The van der Waals surface area contributed by atoms with Crippen molar-refractivity contribution in [3.05, 3.63) is 29.8 Å². The molecule has 108 valence electrons. The highest BCUT2D eigenvalue weighted by Crippen LogP contribution is 2.29. The van der Waals surface area contributed by atoms with Crippen LogP contribution < -0.4 is 10.5 Å². The number of benzene rings is 1. The maximum absolute atomic E-state index is 5.83. The molecule has 2 N–H and O–H groups in total. The summed E-state index contributed by atoms with van der Waals surface area (Å²) in [6.45, 7) is 9.07. The minimum atomic E-state index is 0. The van der Waals surface area contributed by atoms with E-state index in [1.54, 1.807) is 0 Å². The lowest BCUT2D eigenvalue weighted by Gasteiger charge is -2.22. The van der Waals surface area contributed by atoms with Crippen LogP contribution in [0.2, 0.25) is 0 Å². The normalized spacial score (nSPS) is 23.1. The molecule has 0 aliphatic carbocycles. The fraction of sp³-hybridized carbons (Fsp3) is 0.600. The van der Waals surface area contributed by atoms with Gasteiger partial charge in [-0.3, -0.25) is 4.90 Å². The molecule has 1 heterocycles. The maximum Gasteiger partial charge on any atom is 0.119 e. The van der Waals surface area contributed by atoms with Gasteiger partial charge < -0.3 is 10.5 Å². The van der Waals surface area contributed by atoms with Crippen molar-refractivity contribution < 1.29 is 4.74 Å². The van der Waals surface area contributed by atoms with E-state index in [0.29, 0.717) is 5.41 Å². The van der Waals surface area contributed by atoms with Gasteiger partial charge in [-0.1, -0.05) is 19.1 Å². The average molecular weight is 285 g/mol. The predicted molar refractivity (Wildman–Crippen MR) is 81.9 cm³/mol. The number of likely N-dealkylation sites (tertiary alicyclic amines) is 1. The van der Waals surface area contributed by atoms with E-state index in [9.17, 15) is 0 Å². The predicted octanol–water partition coefficient (Wildman–Crippen LogP) is 2.68. The molecule has 0 aromatic heterocycles. The first-order chi connectivity index (χ1) is 8.65. The fourth-order valence-corrected chi connectivity index (χ4v) is 2.54. The van der Waals surface area contributed by atoms with Gasteiger partial charge in [-0.2, -0.15) is 0 Å². The van der Waals surface area contributed by atoms with Crippen LogP contribution in [0.3, 0.4) is 0 Å². The Kier molecular flexibility index (Phi) is 6.11. The van der Waals surface area contributed by atoms with E-state index < -0.39 is 0 Å². The summed E-state index contributed by atoms with van der Waals surface area (Å²) in [6, 6.07) is 8.42. The lowest BCUT2D eigenvalue weighted by Crippen LogP contribution is -2.31. The molecule has 4 heteroatoms. The molecular weight excluding hydrogens is 260 g/mol. The van der Waals surface area contributed by atoms with Gasteiger partial charge in [-0.15, -0.1) is 12.4 Å². The molecule has 1 saturated heterocycles. The standard InChI is InChI=1S/C15H24N2O.ClH/c1-3-18-14-6-4-13(5-7-14)10-17-9-8-15(2,11-16)12-17;/h4-7H,3,8-12,16H2,1-2H3;1H. The summed E-state index contributed by atoms with van der Waals surface area (Å²) in [4.78, 5) is 2.49. The van der Waals surface area contributed by atoms with E-state index in [1.807, 2.05) is 6.92 Å². The largest absolute Gasteiger partial charge is 0.494 e. The monoisotopic (exact) mass is 284 g/mol. The highest BCUT2D eigenvalue weighted by molar-refractivity contribution is 5.85. The molecular formula is C15H25ClN2O. The van der Waals surface area contributed by atoms with Crippen molar-refractivity contribution in [2.45, 2.75) is 26.8 Å². The van der Waals surface area contributed by atoms with Crippen molar-refractivity contribution in [3.8, 4) is 5.75 Å². The van der Waals surface area contributed by atoms with Crippen molar-refractivity contribution in [2.24, 2.45) is 11.1 Å². The molecule has 1 fully saturated rings. The second-order valence-electron chi connectivity index (χ2n) is 5.55. The Morgan fingerprint density at radius 2 is 2.00 bits per heavy atom. The summed E-state index contributed by atoms with van der Waals surface area (Å²) in [5.74, 6) is 0.953. The van der Waals surface area contributed by atoms with Crippen LogP contribution in [0.5, 0.6) is 5.75 Å². The van der Waals surface area contributed by atoms with Crippen LogP contribution in [0.1, 0.15) is 25.8 Å². The van der Waals surface area contributed by atoms with Crippen molar-refractivity contribution in [1.82, 2.24) is 4.90 Å². The van der Waals surface area contributed by atoms with E-state index in [-0.39, 0.29) is 12.4 Å². The second-order valence-corrected chi connectivity index (χ2v) is 5.55. The number of rotatable bonds is 5. The van der Waals surface area contributed by atoms with Gasteiger partial charge in [0.1, 0.15) is 5.75 Å². The molecule has 19 heavy (non-hydrogen) atoms. The number of hydrogen-bond donors (Lipinski definition) is 1. The van der Waals surface area contributed by atoms with Gasteiger partial charge in [0.2, 0.25) is 0 Å². The first-order valence-corrected chi connectivity index (χ1v) is 6.79. The minimum Gasteiger partial charge on any atom is -0.494 e. The highest BCUT2D eigenvalue weighted by Gasteiger charge is 2.32. The Morgan fingerprint density at radius 1 is 1.32 bits per heavy atom. The molecule has 1 aromatic rings.